The molecule has 82 valence electrons. The number of nitrogen functional groups attached to an aromatic ring is 1. The first kappa shape index (κ1) is 10.2. The van der Waals surface area contributed by atoms with Crippen LogP contribution in [-0.4, -0.2) is 23.0 Å². The van der Waals surface area contributed by atoms with Crippen molar-refractivity contribution in [1.29, 1.82) is 0 Å². The molecule has 1 heterocycles. The molecule has 2 aromatic rings. The number of esters is 1. The topological polar surface area (TPSA) is 81.0 Å². The van der Waals surface area contributed by atoms with E-state index in [1.807, 2.05) is 0 Å². The van der Waals surface area contributed by atoms with Gasteiger partial charge in [0.1, 0.15) is 0 Å². The fourth-order valence-corrected chi connectivity index (χ4v) is 1.38. The number of carbonyl (C=O) groups is 1. The van der Waals surface area contributed by atoms with Crippen LogP contribution in [-0.2, 0) is 4.74 Å². The average Bonchev–Trinajstić information content (AvgIpc) is 2.75. The van der Waals surface area contributed by atoms with Crippen molar-refractivity contribution in [2.24, 2.45) is 0 Å². The van der Waals surface area contributed by atoms with E-state index in [1.54, 1.807) is 30.5 Å². The Morgan fingerprint density at radius 3 is 2.56 bits per heavy atom. The Morgan fingerprint density at radius 1 is 1.38 bits per heavy atom. The quantitative estimate of drug-likeness (QED) is 0.746. The molecule has 0 radical (unpaired) electrons. The van der Waals surface area contributed by atoms with Crippen LogP contribution in [0.5, 0.6) is 0 Å². The van der Waals surface area contributed by atoms with Crippen molar-refractivity contribution in [3.63, 3.8) is 0 Å². The molecule has 3 N–H and O–H groups in total. The molecule has 0 aliphatic heterocycles. The molecule has 0 atom stereocenters. The van der Waals surface area contributed by atoms with Crippen LogP contribution in [0.2, 0.25) is 0 Å². The number of benzene rings is 1. The summed E-state index contributed by atoms with van der Waals surface area (Å²) >= 11 is 0. The Labute approximate surface area is 92.3 Å². The lowest BCUT2D eigenvalue weighted by atomic mass is 10.1. The number of H-pyrrole nitrogens is 1. The standard InChI is InChI=1S/C11H11N3O2/c1-16-10(15)8-4-2-7(3-5-8)9-6-13-11(12)14-9/h2-6H,1H3,(H3,12,13,14). The summed E-state index contributed by atoms with van der Waals surface area (Å²) < 4.78 is 4.61. The van der Waals surface area contributed by atoms with Crippen molar-refractivity contribution in [2.45, 2.75) is 0 Å². The van der Waals surface area contributed by atoms with Gasteiger partial charge in [0.2, 0.25) is 0 Å². The van der Waals surface area contributed by atoms with E-state index in [9.17, 15) is 4.79 Å². The molecule has 5 heteroatoms. The van der Waals surface area contributed by atoms with Crippen LogP contribution in [0, 0.1) is 0 Å². The van der Waals surface area contributed by atoms with Crippen LogP contribution in [0.4, 0.5) is 5.95 Å². The number of ether oxygens (including phenoxy) is 1. The first-order valence-electron chi connectivity index (χ1n) is 4.70. The fourth-order valence-electron chi connectivity index (χ4n) is 1.38. The number of nitrogens with zero attached hydrogens (tertiary/aromatic N) is 1. The van der Waals surface area contributed by atoms with E-state index in [4.69, 9.17) is 5.73 Å². The Hall–Kier alpha value is -2.30. The molecule has 0 saturated heterocycles. The van der Waals surface area contributed by atoms with E-state index >= 15 is 0 Å². The summed E-state index contributed by atoms with van der Waals surface area (Å²) in [5.74, 6) is 0.0140. The van der Waals surface area contributed by atoms with Crippen LogP contribution < -0.4 is 5.73 Å². The normalized spacial score (nSPS) is 10.1. The number of imidazole rings is 1. The molecule has 0 fully saturated rings. The highest BCUT2D eigenvalue weighted by Crippen LogP contribution is 2.18. The third kappa shape index (κ3) is 1.88. The molecule has 0 unspecified atom stereocenters. The number of carbonyl (C=O) groups excluding carboxylic acids is 1. The first-order chi connectivity index (χ1) is 7.70. The summed E-state index contributed by atoms with van der Waals surface area (Å²) in [7, 11) is 1.35. The van der Waals surface area contributed by atoms with Crippen molar-refractivity contribution < 1.29 is 9.53 Å². The van der Waals surface area contributed by atoms with Gasteiger partial charge in [0.25, 0.3) is 0 Å². The maximum absolute atomic E-state index is 11.2. The van der Waals surface area contributed by atoms with Gasteiger partial charge in [-0.25, -0.2) is 9.78 Å². The van der Waals surface area contributed by atoms with Crippen molar-refractivity contribution in [3.8, 4) is 11.3 Å². The molecule has 0 saturated carbocycles. The van der Waals surface area contributed by atoms with Gasteiger partial charge in [-0.2, -0.15) is 0 Å². The highest BCUT2D eigenvalue weighted by molar-refractivity contribution is 5.89. The molecule has 2 rings (SSSR count). The number of methoxy groups -OCH3 is 1. The number of hydrogen-bond acceptors (Lipinski definition) is 4. The van der Waals surface area contributed by atoms with Crippen LogP contribution in [0.3, 0.4) is 0 Å². The van der Waals surface area contributed by atoms with E-state index in [0.29, 0.717) is 11.5 Å². The van der Waals surface area contributed by atoms with Crippen molar-refractivity contribution >= 4 is 11.9 Å². The summed E-state index contributed by atoms with van der Waals surface area (Å²) in [5.41, 5.74) is 7.62. The summed E-state index contributed by atoms with van der Waals surface area (Å²) in [6, 6.07) is 6.96. The van der Waals surface area contributed by atoms with Crippen molar-refractivity contribution in [1.82, 2.24) is 9.97 Å². The number of anilines is 1. The van der Waals surface area contributed by atoms with E-state index in [0.717, 1.165) is 11.3 Å². The predicted molar refractivity (Wildman–Crippen MR) is 59.8 cm³/mol. The molecule has 1 aromatic heterocycles. The minimum Gasteiger partial charge on any atom is -0.465 e. The minimum absolute atomic E-state index is 0.354. The number of aromatic amines is 1. The first-order valence-corrected chi connectivity index (χ1v) is 4.70. The highest BCUT2D eigenvalue weighted by atomic mass is 16.5. The van der Waals surface area contributed by atoms with Gasteiger partial charge < -0.3 is 15.5 Å². The number of hydrogen-bond donors (Lipinski definition) is 2. The van der Waals surface area contributed by atoms with Crippen molar-refractivity contribution in [2.75, 3.05) is 12.8 Å². The minimum atomic E-state index is -0.354. The second kappa shape index (κ2) is 4.06. The second-order valence-corrected chi connectivity index (χ2v) is 3.24. The van der Waals surface area contributed by atoms with Crippen LogP contribution in [0.15, 0.2) is 30.5 Å². The maximum atomic E-state index is 11.2. The summed E-state index contributed by atoms with van der Waals surface area (Å²) in [6.07, 6.45) is 1.71. The fraction of sp³-hybridized carbons (Fsp3) is 0.0909. The number of nitrogens with two attached hydrogens (primary N) is 1. The highest BCUT2D eigenvalue weighted by Gasteiger charge is 2.06. The van der Waals surface area contributed by atoms with Gasteiger partial charge >= 0.3 is 5.97 Å². The van der Waals surface area contributed by atoms with Gasteiger partial charge in [-0.15, -0.1) is 0 Å². The van der Waals surface area contributed by atoms with E-state index < -0.39 is 0 Å². The predicted octanol–water partition coefficient (Wildman–Crippen LogP) is 1.45. The molecule has 16 heavy (non-hydrogen) atoms. The molecule has 0 bridgehead atoms. The molecule has 1 aromatic carbocycles. The zero-order valence-corrected chi connectivity index (χ0v) is 8.73. The molecule has 0 spiro atoms. The van der Waals surface area contributed by atoms with Gasteiger partial charge in [0.15, 0.2) is 5.95 Å². The Bertz CT molecular complexity index is 502. The monoisotopic (exact) mass is 217 g/mol. The van der Waals surface area contributed by atoms with Gasteiger partial charge in [-0.3, -0.25) is 0 Å². The van der Waals surface area contributed by atoms with E-state index in [-0.39, 0.29) is 5.97 Å². The van der Waals surface area contributed by atoms with Crippen molar-refractivity contribution in [3.05, 3.63) is 36.0 Å². The van der Waals surface area contributed by atoms with E-state index in [1.165, 1.54) is 7.11 Å². The summed E-state index contributed by atoms with van der Waals surface area (Å²) in [4.78, 5) is 18.1. The zero-order chi connectivity index (χ0) is 11.5. The Balaban J connectivity index is 2.29. The Morgan fingerprint density at radius 2 is 2.06 bits per heavy atom. The average molecular weight is 217 g/mol. The maximum Gasteiger partial charge on any atom is 0.337 e. The smallest absolute Gasteiger partial charge is 0.337 e. The lowest BCUT2D eigenvalue weighted by Gasteiger charge is -2.00. The van der Waals surface area contributed by atoms with Gasteiger partial charge in [-0.1, -0.05) is 12.1 Å². The molecule has 5 nitrogen and oxygen atoms in total. The summed E-state index contributed by atoms with van der Waals surface area (Å²) in [5, 5.41) is 0. The third-order valence-electron chi connectivity index (χ3n) is 2.20. The Kier molecular flexibility index (Phi) is 2.59. The number of aromatic nitrogens is 2. The third-order valence-corrected chi connectivity index (χ3v) is 2.20. The van der Waals surface area contributed by atoms with Crippen LogP contribution in [0.1, 0.15) is 10.4 Å². The van der Waals surface area contributed by atoms with Gasteiger partial charge in [0.05, 0.1) is 18.4 Å². The SMILES string of the molecule is COC(=O)c1ccc(-c2c[nH]c(N)n2)cc1. The van der Waals surface area contributed by atoms with Gasteiger partial charge in [-0.05, 0) is 12.1 Å². The van der Waals surface area contributed by atoms with E-state index in [2.05, 4.69) is 14.7 Å². The molecular weight excluding hydrogens is 206 g/mol. The molecule has 0 amide bonds. The lowest BCUT2D eigenvalue weighted by molar-refractivity contribution is 0.0601. The van der Waals surface area contributed by atoms with Crippen LogP contribution in [0.25, 0.3) is 11.3 Å². The lowest BCUT2D eigenvalue weighted by Crippen LogP contribution is -2.00. The van der Waals surface area contributed by atoms with Gasteiger partial charge in [0, 0.05) is 11.8 Å². The van der Waals surface area contributed by atoms with Crippen LogP contribution >= 0.6 is 0 Å². The second-order valence-electron chi connectivity index (χ2n) is 3.24. The summed E-state index contributed by atoms with van der Waals surface area (Å²) in [6.45, 7) is 0. The zero-order valence-electron chi connectivity index (χ0n) is 8.73. The number of nitrogens with one attached hydrogen (secondary N) is 1. The largest absolute Gasteiger partial charge is 0.465 e. The molecular formula is C11H11N3O2. The number of rotatable bonds is 2. The molecule has 0 aliphatic carbocycles. The molecule has 0 aliphatic rings.